The van der Waals surface area contributed by atoms with Crippen molar-refractivity contribution in [2.75, 3.05) is 20.6 Å². The van der Waals surface area contributed by atoms with Crippen molar-refractivity contribution in [3.05, 3.63) is 35.9 Å². The standard InChI is InChI=1S/C14H23N3O/c1-4-12(15)14(18)16-10-13(17(2)3)11-8-6-5-7-9-11/h5-9,12-13H,4,10,15H2,1-3H3,(H,16,18)/t12-,13?/m0/s1. The van der Waals surface area contributed by atoms with Crippen molar-refractivity contribution in [3.8, 4) is 0 Å². The maximum absolute atomic E-state index is 11.7. The molecule has 18 heavy (non-hydrogen) atoms. The average Bonchev–Trinajstić information content (AvgIpc) is 2.38. The molecule has 1 unspecified atom stereocenters. The Morgan fingerprint density at radius 3 is 2.44 bits per heavy atom. The van der Waals surface area contributed by atoms with Crippen molar-refractivity contribution in [1.82, 2.24) is 10.2 Å². The molecular weight excluding hydrogens is 226 g/mol. The number of hydrogen-bond acceptors (Lipinski definition) is 3. The van der Waals surface area contributed by atoms with Gasteiger partial charge in [0.05, 0.1) is 12.1 Å². The average molecular weight is 249 g/mol. The minimum atomic E-state index is -0.413. The maximum Gasteiger partial charge on any atom is 0.236 e. The van der Waals surface area contributed by atoms with Crippen LogP contribution in [0.25, 0.3) is 0 Å². The Labute approximate surface area is 109 Å². The molecule has 1 aromatic rings. The minimum absolute atomic E-state index is 0.0831. The summed E-state index contributed by atoms with van der Waals surface area (Å²) in [5.41, 5.74) is 6.88. The topological polar surface area (TPSA) is 58.4 Å². The molecule has 0 fully saturated rings. The van der Waals surface area contributed by atoms with Crippen molar-refractivity contribution in [2.24, 2.45) is 5.73 Å². The lowest BCUT2D eigenvalue weighted by Crippen LogP contribution is -2.43. The van der Waals surface area contributed by atoms with E-state index < -0.39 is 6.04 Å². The Kier molecular flexibility index (Phi) is 5.82. The van der Waals surface area contributed by atoms with Crippen LogP contribution in [0.15, 0.2) is 30.3 Å². The van der Waals surface area contributed by atoms with E-state index in [1.165, 1.54) is 5.56 Å². The summed E-state index contributed by atoms with van der Waals surface area (Å²) in [5.74, 6) is -0.0831. The largest absolute Gasteiger partial charge is 0.353 e. The highest BCUT2D eigenvalue weighted by atomic mass is 16.2. The molecule has 1 amide bonds. The second-order valence-electron chi connectivity index (χ2n) is 4.65. The monoisotopic (exact) mass is 249 g/mol. The van der Waals surface area contributed by atoms with Gasteiger partial charge in [0.15, 0.2) is 0 Å². The van der Waals surface area contributed by atoms with Crippen LogP contribution in [0.2, 0.25) is 0 Å². The number of amides is 1. The zero-order chi connectivity index (χ0) is 13.5. The third-order valence-corrected chi connectivity index (χ3v) is 3.05. The van der Waals surface area contributed by atoms with Gasteiger partial charge < -0.3 is 16.0 Å². The second-order valence-corrected chi connectivity index (χ2v) is 4.65. The van der Waals surface area contributed by atoms with E-state index in [4.69, 9.17) is 5.73 Å². The van der Waals surface area contributed by atoms with Gasteiger partial charge in [-0.3, -0.25) is 4.79 Å². The molecule has 1 rings (SSSR count). The van der Waals surface area contributed by atoms with E-state index in [0.717, 1.165) is 0 Å². The van der Waals surface area contributed by atoms with Gasteiger partial charge in [0.1, 0.15) is 0 Å². The number of nitrogens with one attached hydrogen (secondary N) is 1. The number of carbonyl (C=O) groups is 1. The molecule has 4 nitrogen and oxygen atoms in total. The molecule has 0 radical (unpaired) electrons. The van der Waals surface area contributed by atoms with Gasteiger partial charge in [-0.25, -0.2) is 0 Å². The van der Waals surface area contributed by atoms with Crippen LogP contribution >= 0.6 is 0 Å². The predicted molar refractivity (Wildman–Crippen MR) is 74.1 cm³/mol. The minimum Gasteiger partial charge on any atom is -0.353 e. The highest BCUT2D eigenvalue weighted by Crippen LogP contribution is 2.16. The summed E-state index contributed by atoms with van der Waals surface area (Å²) in [6.07, 6.45) is 0.657. The molecule has 1 aromatic carbocycles. The molecule has 0 spiro atoms. The normalized spacial score (nSPS) is 14.3. The Hall–Kier alpha value is -1.39. The fourth-order valence-electron chi connectivity index (χ4n) is 1.79. The Morgan fingerprint density at radius 2 is 1.94 bits per heavy atom. The Morgan fingerprint density at radius 1 is 1.33 bits per heavy atom. The number of carbonyl (C=O) groups excluding carboxylic acids is 1. The van der Waals surface area contributed by atoms with Crippen LogP contribution in [-0.4, -0.2) is 37.5 Å². The summed E-state index contributed by atoms with van der Waals surface area (Å²) in [7, 11) is 4.01. The number of nitrogens with zero attached hydrogens (tertiary/aromatic N) is 1. The van der Waals surface area contributed by atoms with Gasteiger partial charge in [-0.1, -0.05) is 37.3 Å². The molecule has 0 aliphatic carbocycles. The lowest BCUT2D eigenvalue weighted by molar-refractivity contribution is -0.122. The van der Waals surface area contributed by atoms with Crippen molar-refractivity contribution in [3.63, 3.8) is 0 Å². The molecule has 3 N–H and O–H groups in total. The van der Waals surface area contributed by atoms with Crippen LogP contribution in [0.5, 0.6) is 0 Å². The fraction of sp³-hybridized carbons (Fsp3) is 0.500. The van der Waals surface area contributed by atoms with Gasteiger partial charge in [0.2, 0.25) is 5.91 Å². The summed E-state index contributed by atoms with van der Waals surface area (Å²) >= 11 is 0. The van der Waals surface area contributed by atoms with Gasteiger partial charge >= 0.3 is 0 Å². The van der Waals surface area contributed by atoms with Gasteiger partial charge in [0, 0.05) is 6.54 Å². The fourth-order valence-corrected chi connectivity index (χ4v) is 1.79. The van der Waals surface area contributed by atoms with Crippen molar-refractivity contribution >= 4 is 5.91 Å². The summed E-state index contributed by atoms with van der Waals surface area (Å²) < 4.78 is 0. The number of benzene rings is 1. The van der Waals surface area contributed by atoms with Crippen LogP contribution < -0.4 is 11.1 Å². The first-order valence-corrected chi connectivity index (χ1v) is 6.31. The maximum atomic E-state index is 11.7. The molecule has 2 atom stereocenters. The van der Waals surface area contributed by atoms with E-state index in [-0.39, 0.29) is 11.9 Å². The zero-order valence-corrected chi connectivity index (χ0v) is 11.4. The molecule has 0 aliphatic rings. The third-order valence-electron chi connectivity index (χ3n) is 3.05. The third kappa shape index (κ3) is 4.13. The van der Waals surface area contributed by atoms with E-state index in [2.05, 4.69) is 22.3 Å². The van der Waals surface area contributed by atoms with E-state index in [1.807, 2.05) is 39.2 Å². The van der Waals surface area contributed by atoms with Crippen molar-refractivity contribution in [1.29, 1.82) is 0 Å². The molecule has 0 aromatic heterocycles. The summed E-state index contributed by atoms with van der Waals surface area (Å²) in [4.78, 5) is 13.8. The molecule has 4 heteroatoms. The van der Waals surface area contributed by atoms with E-state index in [9.17, 15) is 4.79 Å². The molecule has 100 valence electrons. The van der Waals surface area contributed by atoms with Crippen molar-refractivity contribution in [2.45, 2.75) is 25.4 Å². The van der Waals surface area contributed by atoms with Gasteiger partial charge in [-0.2, -0.15) is 0 Å². The summed E-state index contributed by atoms with van der Waals surface area (Å²) in [6.45, 7) is 2.48. The van der Waals surface area contributed by atoms with Crippen LogP contribution in [0, 0.1) is 0 Å². The van der Waals surface area contributed by atoms with Gasteiger partial charge in [-0.05, 0) is 26.1 Å². The number of likely N-dealkylation sites (N-methyl/N-ethyl adjacent to an activating group) is 1. The van der Waals surface area contributed by atoms with E-state index in [1.54, 1.807) is 0 Å². The predicted octanol–water partition coefficient (Wildman–Crippen LogP) is 1.14. The Bertz CT molecular complexity index is 365. The first kappa shape index (κ1) is 14.7. The lowest BCUT2D eigenvalue weighted by Gasteiger charge is -2.25. The number of rotatable bonds is 6. The van der Waals surface area contributed by atoms with Crippen LogP contribution in [0.3, 0.4) is 0 Å². The van der Waals surface area contributed by atoms with Gasteiger partial charge in [0.25, 0.3) is 0 Å². The summed E-state index contributed by atoms with van der Waals surface area (Å²) in [6, 6.07) is 9.88. The first-order valence-electron chi connectivity index (χ1n) is 6.31. The number of hydrogen-bond donors (Lipinski definition) is 2. The number of nitrogens with two attached hydrogens (primary N) is 1. The quantitative estimate of drug-likeness (QED) is 0.795. The SMILES string of the molecule is CC[C@H](N)C(=O)NCC(c1ccccc1)N(C)C. The van der Waals surface area contributed by atoms with Crippen molar-refractivity contribution < 1.29 is 4.79 Å². The molecule has 0 bridgehead atoms. The smallest absolute Gasteiger partial charge is 0.236 e. The lowest BCUT2D eigenvalue weighted by atomic mass is 10.1. The van der Waals surface area contributed by atoms with Crippen LogP contribution in [0.1, 0.15) is 24.9 Å². The van der Waals surface area contributed by atoms with E-state index >= 15 is 0 Å². The first-order chi connectivity index (χ1) is 8.56. The summed E-state index contributed by atoms with van der Waals surface area (Å²) in [5, 5.41) is 2.91. The zero-order valence-electron chi connectivity index (χ0n) is 11.4. The highest BCUT2D eigenvalue weighted by Gasteiger charge is 2.17. The Balaban J connectivity index is 2.63. The molecule has 0 saturated carbocycles. The molecule has 0 aliphatic heterocycles. The molecular formula is C14H23N3O. The van der Waals surface area contributed by atoms with Crippen LogP contribution in [0.4, 0.5) is 0 Å². The second kappa shape index (κ2) is 7.13. The highest BCUT2D eigenvalue weighted by molar-refractivity contribution is 5.81. The molecule has 0 saturated heterocycles. The van der Waals surface area contributed by atoms with Crippen LogP contribution in [-0.2, 0) is 4.79 Å². The van der Waals surface area contributed by atoms with E-state index in [0.29, 0.717) is 13.0 Å². The van der Waals surface area contributed by atoms with Gasteiger partial charge in [-0.15, -0.1) is 0 Å². The molecule has 0 heterocycles.